The molecule has 0 spiro atoms. The zero-order chi connectivity index (χ0) is 17.2. The van der Waals surface area contributed by atoms with E-state index in [1.807, 2.05) is 56.3 Å². The smallest absolute Gasteiger partial charge is 0.257 e. The van der Waals surface area contributed by atoms with Gasteiger partial charge in [0.15, 0.2) is 6.61 Å². The Labute approximate surface area is 143 Å². The summed E-state index contributed by atoms with van der Waals surface area (Å²) in [5.74, 6) is 1.53. The lowest BCUT2D eigenvalue weighted by Crippen LogP contribution is -2.29. The first-order valence-corrected chi connectivity index (χ1v) is 8.36. The van der Waals surface area contributed by atoms with Gasteiger partial charge in [-0.1, -0.05) is 35.9 Å². The molecule has 0 aliphatic carbocycles. The van der Waals surface area contributed by atoms with Gasteiger partial charge >= 0.3 is 0 Å². The molecule has 0 unspecified atom stereocenters. The van der Waals surface area contributed by atoms with E-state index in [2.05, 4.69) is 11.4 Å². The summed E-state index contributed by atoms with van der Waals surface area (Å²) in [6.45, 7) is 5.31. The van der Waals surface area contributed by atoms with E-state index in [1.165, 1.54) is 11.1 Å². The molecule has 1 N–H and O–H groups in total. The van der Waals surface area contributed by atoms with Crippen LogP contribution in [0, 0.1) is 6.92 Å². The number of hydrogen-bond acceptors (Lipinski definition) is 3. The van der Waals surface area contributed by atoms with Crippen LogP contribution in [0.3, 0.4) is 0 Å². The van der Waals surface area contributed by atoms with Gasteiger partial charge in [-0.15, -0.1) is 0 Å². The predicted octanol–water partition coefficient (Wildman–Crippen LogP) is 3.52. The summed E-state index contributed by atoms with van der Waals surface area (Å²) in [5, 5.41) is 2.88. The Hall–Kier alpha value is -2.49. The first-order valence-electron chi connectivity index (χ1n) is 8.36. The molecule has 2 rings (SSSR count). The molecule has 0 aliphatic rings. The van der Waals surface area contributed by atoms with E-state index in [4.69, 9.17) is 9.47 Å². The molecule has 2 aromatic carbocycles. The summed E-state index contributed by atoms with van der Waals surface area (Å²) in [6, 6.07) is 15.7. The largest absolute Gasteiger partial charge is 0.494 e. The Morgan fingerprint density at radius 2 is 1.79 bits per heavy atom. The molecule has 0 bridgehead atoms. The van der Waals surface area contributed by atoms with Crippen molar-refractivity contribution in [2.75, 3.05) is 19.8 Å². The van der Waals surface area contributed by atoms with Crippen molar-refractivity contribution in [1.82, 2.24) is 5.32 Å². The van der Waals surface area contributed by atoms with Crippen molar-refractivity contribution in [3.63, 3.8) is 0 Å². The van der Waals surface area contributed by atoms with Gasteiger partial charge in [0, 0.05) is 6.54 Å². The molecule has 0 saturated heterocycles. The van der Waals surface area contributed by atoms with Crippen LogP contribution in [-0.2, 0) is 11.2 Å². The van der Waals surface area contributed by atoms with E-state index in [0.717, 1.165) is 18.6 Å². The van der Waals surface area contributed by atoms with Crippen molar-refractivity contribution in [2.24, 2.45) is 0 Å². The molecule has 0 saturated carbocycles. The zero-order valence-corrected chi connectivity index (χ0v) is 14.4. The maximum absolute atomic E-state index is 11.8. The Morgan fingerprint density at radius 1 is 1.04 bits per heavy atom. The molecule has 0 radical (unpaired) electrons. The number of rotatable bonds is 9. The third-order valence-electron chi connectivity index (χ3n) is 3.61. The maximum atomic E-state index is 11.8. The third kappa shape index (κ3) is 5.95. The van der Waals surface area contributed by atoms with Crippen LogP contribution >= 0.6 is 0 Å². The van der Waals surface area contributed by atoms with Crippen LogP contribution < -0.4 is 14.8 Å². The Morgan fingerprint density at radius 3 is 2.54 bits per heavy atom. The number of amides is 1. The summed E-state index contributed by atoms with van der Waals surface area (Å²) in [7, 11) is 0. The molecule has 0 aliphatic heterocycles. The lowest BCUT2D eigenvalue weighted by Gasteiger charge is -2.10. The second-order valence-corrected chi connectivity index (χ2v) is 5.60. The van der Waals surface area contributed by atoms with Crippen molar-refractivity contribution < 1.29 is 14.3 Å². The number of carbonyl (C=O) groups excluding carboxylic acids is 1. The van der Waals surface area contributed by atoms with Gasteiger partial charge in [-0.25, -0.2) is 0 Å². The monoisotopic (exact) mass is 327 g/mol. The van der Waals surface area contributed by atoms with E-state index >= 15 is 0 Å². The van der Waals surface area contributed by atoms with Crippen LogP contribution in [0.25, 0.3) is 0 Å². The SMILES string of the molecule is CCOc1ccccc1CCCNC(=O)COc1ccc(C)cc1. The van der Waals surface area contributed by atoms with Gasteiger partial charge < -0.3 is 14.8 Å². The van der Waals surface area contributed by atoms with Crippen LogP contribution in [0.1, 0.15) is 24.5 Å². The number of para-hydroxylation sites is 1. The van der Waals surface area contributed by atoms with Crippen molar-refractivity contribution >= 4 is 5.91 Å². The first-order chi connectivity index (χ1) is 11.7. The van der Waals surface area contributed by atoms with Crippen molar-refractivity contribution in [3.8, 4) is 11.5 Å². The van der Waals surface area contributed by atoms with E-state index in [1.54, 1.807) is 0 Å². The second kappa shape index (κ2) is 9.60. The van der Waals surface area contributed by atoms with Gasteiger partial charge in [-0.2, -0.15) is 0 Å². The highest BCUT2D eigenvalue weighted by Gasteiger charge is 2.04. The first kappa shape index (κ1) is 17.9. The van der Waals surface area contributed by atoms with E-state index in [9.17, 15) is 4.79 Å². The lowest BCUT2D eigenvalue weighted by atomic mass is 10.1. The minimum Gasteiger partial charge on any atom is -0.494 e. The quantitative estimate of drug-likeness (QED) is 0.717. The standard InChI is InChI=1S/C20H25NO3/c1-3-23-19-9-5-4-7-17(19)8-6-14-21-20(22)15-24-18-12-10-16(2)11-13-18/h4-5,7,9-13H,3,6,8,14-15H2,1-2H3,(H,21,22). The Balaban J connectivity index is 1.67. The molecular weight excluding hydrogens is 302 g/mol. The van der Waals surface area contributed by atoms with Crippen molar-refractivity contribution in [1.29, 1.82) is 0 Å². The number of benzene rings is 2. The van der Waals surface area contributed by atoms with Crippen LogP contribution in [0.2, 0.25) is 0 Å². The Bertz CT molecular complexity index is 638. The van der Waals surface area contributed by atoms with E-state index in [0.29, 0.717) is 18.9 Å². The minimum absolute atomic E-state index is 0.0403. The lowest BCUT2D eigenvalue weighted by molar-refractivity contribution is -0.123. The zero-order valence-electron chi connectivity index (χ0n) is 14.4. The van der Waals surface area contributed by atoms with Gasteiger partial charge in [0.05, 0.1) is 6.61 Å². The number of ether oxygens (including phenoxy) is 2. The molecule has 0 atom stereocenters. The predicted molar refractivity (Wildman–Crippen MR) is 95.6 cm³/mol. The van der Waals surface area contributed by atoms with Crippen LogP contribution in [0.15, 0.2) is 48.5 Å². The molecule has 24 heavy (non-hydrogen) atoms. The van der Waals surface area contributed by atoms with E-state index < -0.39 is 0 Å². The number of carbonyl (C=O) groups is 1. The van der Waals surface area contributed by atoms with Crippen molar-refractivity contribution in [2.45, 2.75) is 26.7 Å². The van der Waals surface area contributed by atoms with Gasteiger partial charge in [0.25, 0.3) is 5.91 Å². The molecule has 2 aromatic rings. The number of hydrogen-bond donors (Lipinski definition) is 1. The molecule has 128 valence electrons. The summed E-state index contributed by atoms with van der Waals surface area (Å²) >= 11 is 0. The Kier molecular flexibility index (Phi) is 7.15. The average Bonchev–Trinajstić information content (AvgIpc) is 2.60. The molecule has 0 fully saturated rings. The molecule has 0 heterocycles. The molecule has 4 nitrogen and oxygen atoms in total. The van der Waals surface area contributed by atoms with Gasteiger partial charge in [-0.05, 0) is 50.5 Å². The summed E-state index contributed by atoms with van der Waals surface area (Å²) in [5.41, 5.74) is 2.34. The summed E-state index contributed by atoms with van der Waals surface area (Å²) in [6.07, 6.45) is 1.73. The third-order valence-corrected chi connectivity index (χ3v) is 3.61. The second-order valence-electron chi connectivity index (χ2n) is 5.60. The fourth-order valence-corrected chi connectivity index (χ4v) is 2.35. The molecular formula is C20H25NO3. The fraction of sp³-hybridized carbons (Fsp3) is 0.350. The minimum atomic E-state index is -0.103. The van der Waals surface area contributed by atoms with E-state index in [-0.39, 0.29) is 12.5 Å². The molecule has 4 heteroatoms. The number of aryl methyl sites for hydroxylation is 2. The van der Waals surface area contributed by atoms with Crippen LogP contribution in [0.5, 0.6) is 11.5 Å². The van der Waals surface area contributed by atoms with Gasteiger partial charge in [-0.3, -0.25) is 4.79 Å². The normalized spacial score (nSPS) is 10.2. The topological polar surface area (TPSA) is 47.6 Å². The van der Waals surface area contributed by atoms with Gasteiger partial charge in [0.2, 0.25) is 0 Å². The van der Waals surface area contributed by atoms with Crippen LogP contribution in [-0.4, -0.2) is 25.7 Å². The molecule has 0 aromatic heterocycles. The summed E-state index contributed by atoms with van der Waals surface area (Å²) in [4.78, 5) is 11.8. The average molecular weight is 327 g/mol. The highest BCUT2D eigenvalue weighted by molar-refractivity contribution is 5.77. The fourth-order valence-electron chi connectivity index (χ4n) is 2.35. The highest BCUT2D eigenvalue weighted by Crippen LogP contribution is 2.19. The summed E-state index contributed by atoms with van der Waals surface area (Å²) < 4.78 is 11.1. The highest BCUT2D eigenvalue weighted by atomic mass is 16.5. The number of nitrogens with one attached hydrogen (secondary N) is 1. The van der Waals surface area contributed by atoms with Crippen LogP contribution in [0.4, 0.5) is 0 Å². The van der Waals surface area contributed by atoms with Gasteiger partial charge in [0.1, 0.15) is 11.5 Å². The molecule has 1 amide bonds. The maximum Gasteiger partial charge on any atom is 0.257 e. The van der Waals surface area contributed by atoms with Crippen molar-refractivity contribution in [3.05, 3.63) is 59.7 Å².